The van der Waals surface area contributed by atoms with Crippen molar-refractivity contribution in [2.75, 3.05) is 0 Å². The topological polar surface area (TPSA) is 0 Å². The first kappa shape index (κ1) is 53.3. The third-order valence-electron chi connectivity index (χ3n) is 17.8. The largest absolute Gasteiger partial charge is 0.135 e. The average molecular weight is 1150 g/mol. The molecule has 0 saturated heterocycles. The van der Waals surface area contributed by atoms with Gasteiger partial charge in [0.1, 0.15) is 0 Å². The summed E-state index contributed by atoms with van der Waals surface area (Å²) < 4.78 is 0. The minimum atomic E-state index is 1.23. The lowest BCUT2D eigenvalue weighted by atomic mass is 9.83. The van der Waals surface area contributed by atoms with Crippen LogP contribution >= 0.6 is 11.3 Å². The molecule has 1 aromatic heterocycles. The van der Waals surface area contributed by atoms with Crippen molar-refractivity contribution in [2.45, 2.75) is 0 Å². The molecule has 1 heteroatoms. The van der Waals surface area contributed by atoms with Crippen LogP contribution in [0.25, 0.3) is 163 Å². The van der Waals surface area contributed by atoms with E-state index in [9.17, 15) is 0 Å². The van der Waals surface area contributed by atoms with E-state index < -0.39 is 0 Å². The summed E-state index contributed by atoms with van der Waals surface area (Å²) in [6, 6.07) is 128. The van der Waals surface area contributed by atoms with Gasteiger partial charge in [-0.05, 0) is 160 Å². The van der Waals surface area contributed by atoms with Crippen LogP contribution < -0.4 is 0 Å². The van der Waals surface area contributed by atoms with Crippen LogP contribution in [0.15, 0.2) is 352 Å². The maximum Gasteiger partial charge on any atom is 0.0427 e. The molecule has 0 aliphatic rings. The molecule has 0 bridgehead atoms. The van der Waals surface area contributed by atoms with Crippen LogP contribution in [-0.4, -0.2) is 0 Å². The Morgan fingerprint density at radius 1 is 0.157 bits per heavy atom. The van der Waals surface area contributed by atoms with Crippen LogP contribution in [-0.2, 0) is 0 Å². The second-order valence-corrected chi connectivity index (χ2v) is 23.9. The second kappa shape index (κ2) is 23.2. The van der Waals surface area contributed by atoms with Crippen LogP contribution in [0.1, 0.15) is 0 Å². The molecular formula is C88H58S. The standard InChI is InChI=1S/C46H30S.C42H28/c1-3-15-32(16-4-1)42-30-43(47-46(42)33-18-5-2-6-19-33)34-21-13-22-35(29-34)44-38-24-9-11-26-40(38)45(41-27-12-10-25-39(41)44)37-28-14-20-31-17-7-8-23-36(31)37;1-2-13-29(14-3-1)35-18-6-7-19-36(35)42-39-22-10-8-20-37(39)41(38-21-9-11-23-40(38)42)32-27-25-31(26-28-32)34-24-12-16-30-15-4-5-17-33(30)34/h1-30H;1-28H. The molecule has 17 rings (SSSR count). The van der Waals surface area contributed by atoms with Crippen LogP contribution in [0.5, 0.6) is 0 Å². The molecule has 0 unspecified atom stereocenters. The lowest BCUT2D eigenvalue weighted by molar-refractivity contribution is 1.60. The zero-order chi connectivity index (χ0) is 59.0. The van der Waals surface area contributed by atoms with Crippen LogP contribution in [0.2, 0.25) is 0 Å². The van der Waals surface area contributed by atoms with Crippen molar-refractivity contribution in [3.63, 3.8) is 0 Å². The molecule has 1 heterocycles. The van der Waals surface area contributed by atoms with E-state index in [1.165, 1.54) is 163 Å². The molecule has 0 aliphatic carbocycles. The summed E-state index contributed by atoms with van der Waals surface area (Å²) >= 11 is 1.87. The molecule has 17 aromatic rings. The molecular weight excluding hydrogens is 1090 g/mol. The zero-order valence-electron chi connectivity index (χ0n) is 48.9. The van der Waals surface area contributed by atoms with Gasteiger partial charge < -0.3 is 0 Å². The van der Waals surface area contributed by atoms with Gasteiger partial charge in [0.25, 0.3) is 0 Å². The van der Waals surface area contributed by atoms with Gasteiger partial charge in [0.2, 0.25) is 0 Å². The monoisotopic (exact) mass is 1150 g/mol. The zero-order valence-corrected chi connectivity index (χ0v) is 49.7. The summed E-state index contributed by atoms with van der Waals surface area (Å²) in [5.74, 6) is 0. The first-order valence-electron chi connectivity index (χ1n) is 30.6. The molecule has 0 radical (unpaired) electrons. The van der Waals surface area contributed by atoms with Crippen LogP contribution in [0, 0.1) is 0 Å². The fraction of sp³-hybridized carbons (Fsp3) is 0. The molecule has 416 valence electrons. The van der Waals surface area contributed by atoms with Gasteiger partial charge in [0.05, 0.1) is 0 Å². The van der Waals surface area contributed by atoms with E-state index in [-0.39, 0.29) is 0 Å². The number of hydrogen-bond acceptors (Lipinski definition) is 1. The van der Waals surface area contributed by atoms with Gasteiger partial charge in [-0.2, -0.15) is 0 Å². The van der Waals surface area contributed by atoms with Crippen LogP contribution in [0.4, 0.5) is 0 Å². The summed E-state index contributed by atoms with van der Waals surface area (Å²) in [4.78, 5) is 2.57. The van der Waals surface area contributed by atoms with Crippen molar-refractivity contribution in [1.82, 2.24) is 0 Å². The number of rotatable bonds is 9. The molecule has 0 fully saturated rings. The summed E-state index contributed by atoms with van der Waals surface area (Å²) in [7, 11) is 0. The minimum Gasteiger partial charge on any atom is -0.135 e. The van der Waals surface area contributed by atoms with E-state index in [1.54, 1.807) is 0 Å². The van der Waals surface area contributed by atoms with E-state index >= 15 is 0 Å². The molecule has 0 saturated carbocycles. The highest BCUT2D eigenvalue weighted by Crippen LogP contribution is 2.50. The summed E-state index contributed by atoms with van der Waals surface area (Å²) in [6.45, 7) is 0. The molecule has 16 aromatic carbocycles. The lowest BCUT2D eigenvalue weighted by Crippen LogP contribution is -1.92. The fourth-order valence-electron chi connectivity index (χ4n) is 13.8. The van der Waals surface area contributed by atoms with E-state index in [4.69, 9.17) is 0 Å². The van der Waals surface area contributed by atoms with Gasteiger partial charge in [-0.25, -0.2) is 0 Å². The predicted octanol–water partition coefficient (Wildman–Crippen LogP) is 25.4. The van der Waals surface area contributed by atoms with Gasteiger partial charge in [-0.3, -0.25) is 0 Å². The summed E-state index contributed by atoms with van der Waals surface area (Å²) in [5.41, 5.74) is 20.1. The van der Waals surface area contributed by atoms with Crippen molar-refractivity contribution in [3.8, 4) is 98.8 Å². The smallest absolute Gasteiger partial charge is 0.0427 e. The number of hydrogen-bond donors (Lipinski definition) is 0. The maximum atomic E-state index is 2.39. The van der Waals surface area contributed by atoms with Gasteiger partial charge in [0.15, 0.2) is 0 Å². The molecule has 0 nitrogen and oxygen atoms in total. The van der Waals surface area contributed by atoms with Crippen LogP contribution in [0.3, 0.4) is 0 Å². The number of fused-ring (bicyclic) bond motifs is 6. The van der Waals surface area contributed by atoms with Crippen molar-refractivity contribution in [3.05, 3.63) is 352 Å². The van der Waals surface area contributed by atoms with E-state index in [0.29, 0.717) is 0 Å². The van der Waals surface area contributed by atoms with Gasteiger partial charge in [-0.15, -0.1) is 11.3 Å². The highest BCUT2D eigenvalue weighted by molar-refractivity contribution is 7.19. The van der Waals surface area contributed by atoms with Gasteiger partial charge in [0, 0.05) is 15.3 Å². The van der Waals surface area contributed by atoms with Crippen molar-refractivity contribution < 1.29 is 0 Å². The summed E-state index contributed by atoms with van der Waals surface area (Å²) in [6.07, 6.45) is 0. The Labute approximate surface area is 523 Å². The highest BCUT2D eigenvalue weighted by atomic mass is 32.1. The molecule has 0 amide bonds. The highest BCUT2D eigenvalue weighted by Gasteiger charge is 2.22. The van der Waals surface area contributed by atoms with Crippen molar-refractivity contribution in [1.29, 1.82) is 0 Å². The van der Waals surface area contributed by atoms with E-state index in [1.807, 2.05) is 11.3 Å². The SMILES string of the molecule is c1ccc(-c2cc(-c3cccc(-c4c5ccccc5c(-c5cccc6ccccc56)c5ccccc45)c3)sc2-c2ccccc2)cc1.c1ccc(-c2ccccc2-c2c3ccccc3c(-c3ccc(-c4cccc5ccccc45)cc3)c3ccccc23)cc1. The number of thiophene rings is 1. The Morgan fingerprint density at radius 3 is 1.00 bits per heavy atom. The Kier molecular flexibility index (Phi) is 13.9. The fourth-order valence-corrected chi connectivity index (χ4v) is 14.9. The molecule has 89 heavy (non-hydrogen) atoms. The Balaban J connectivity index is 0.000000144. The molecule has 0 N–H and O–H groups in total. The molecule has 0 spiro atoms. The summed E-state index contributed by atoms with van der Waals surface area (Å²) in [5, 5.41) is 15.3. The predicted molar refractivity (Wildman–Crippen MR) is 385 cm³/mol. The Bertz CT molecular complexity index is 5280. The molecule has 0 aliphatic heterocycles. The van der Waals surface area contributed by atoms with Gasteiger partial charge in [-0.1, -0.05) is 340 Å². The van der Waals surface area contributed by atoms with E-state index in [2.05, 4.69) is 352 Å². The first-order chi connectivity index (χ1) is 44.2. The Hall–Kier alpha value is -11.2. The third-order valence-corrected chi connectivity index (χ3v) is 19.0. The Morgan fingerprint density at radius 2 is 0.472 bits per heavy atom. The number of benzene rings is 16. The lowest BCUT2D eigenvalue weighted by Gasteiger charge is -2.20. The molecule has 0 atom stereocenters. The second-order valence-electron chi connectivity index (χ2n) is 22.9. The minimum absolute atomic E-state index is 1.23. The normalized spacial score (nSPS) is 11.4. The maximum absolute atomic E-state index is 2.39. The quantitative estimate of drug-likeness (QED) is 0.126. The van der Waals surface area contributed by atoms with Gasteiger partial charge >= 0.3 is 0 Å². The third kappa shape index (κ3) is 9.76. The van der Waals surface area contributed by atoms with Crippen molar-refractivity contribution in [2.24, 2.45) is 0 Å². The average Bonchev–Trinajstić information content (AvgIpc) is 1.37. The first-order valence-corrected chi connectivity index (χ1v) is 31.5. The van der Waals surface area contributed by atoms with E-state index in [0.717, 1.165) is 0 Å². The van der Waals surface area contributed by atoms with Crippen molar-refractivity contribution >= 4 is 76.0 Å².